The molecule has 0 aliphatic carbocycles. The lowest BCUT2D eigenvalue weighted by Crippen LogP contribution is -2.07. The predicted molar refractivity (Wildman–Crippen MR) is 58.1 cm³/mol. The summed E-state index contributed by atoms with van der Waals surface area (Å²) in [5, 5.41) is 8.67. The van der Waals surface area contributed by atoms with Crippen molar-refractivity contribution >= 4 is 0 Å². The van der Waals surface area contributed by atoms with E-state index >= 15 is 0 Å². The Labute approximate surface area is 86.2 Å². The molecule has 0 N–H and O–H groups in total. The number of hydrogen-bond donors (Lipinski definition) is 0. The van der Waals surface area contributed by atoms with Crippen molar-refractivity contribution in [3.63, 3.8) is 0 Å². The normalized spacial score (nSPS) is 10.6. The third kappa shape index (κ3) is 2.17. The number of nitriles is 1. The van der Waals surface area contributed by atoms with E-state index in [1.165, 1.54) is 17.0 Å². The van der Waals surface area contributed by atoms with Crippen LogP contribution in [0, 0.1) is 31.1 Å². The Hall–Kier alpha value is -1.23. The van der Waals surface area contributed by atoms with Gasteiger partial charge in [0.15, 0.2) is 0 Å². The zero-order chi connectivity index (χ0) is 10.7. The zero-order valence-electron chi connectivity index (χ0n) is 9.46. The summed E-state index contributed by atoms with van der Waals surface area (Å²) < 4.78 is 2.30. The number of aryl methyl sites for hydroxylation is 1. The third-order valence-corrected chi connectivity index (χ3v) is 2.50. The second-order valence-electron chi connectivity index (χ2n) is 4.24. The first kappa shape index (κ1) is 10.8. The lowest BCUT2D eigenvalue weighted by Gasteiger charge is -2.11. The Morgan fingerprint density at radius 2 is 2.07 bits per heavy atom. The highest BCUT2D eigenvalue weighted by Crippen LogP contribution is 2.17. The maximum Gasteiger partial charge on any atom is 0.0670 e. The molecule has 0 radical (unpaired) electrons. The zero-order valence-corrected chi connectivity index (χ0v) is 9.46. The van der Waals surface area contributed by atoms with Crippen LogP contribution in [0.3, 0.4) is 0 Å². The molecule has 0 aliphatic rings. The van der Waals surface area contributed by atoms with Gasteiger partial charge in [0.05, 0.1) is 12.5 Å². The van der Waals surface area contributed by atoms with E-state index in [1.54, 1.807) is 0 Å². The molecule has 0 saturated carbocycles. The Morgan fingerprint density at radius 1 is 1.43 bits per heavy atom. The highest BCUT2D eigenvalue weighted by molar-refractivity contribution is 5.29. The molecule has 0 bridgehead atoms. The Morgan fingerprint density at radius 3 is 2.57 bits per heavy atom. The molecule has 0 spiro atoms. The fourth-order valence-corrected chi connectivity index (χ4v) is 1.78. The standard InChI is InChI=1S/C12H18N2/c1-9(2)8-14-10(3)7-12(5-6-13)11(14)4/h7,9H,5,8H2,1-4H3. The van der Waals surface area contributed by atoms with Gasteiger partial charge in [0.2, 0.25) is 0 Å². The van der Waals surface area contributed by atoms with Crippen molar-refractivity contribution in [3.05, 3.63) is 23.0 Å². The van der Waals surface area contributed by atoms with Gasteiger partial charge in [-0.3, -0.25) is 0 Å². The van der Waals surface area contributed by atoms with Crippen LogP contribution in [0.15, 0.2) is 6.07 Å². The minimum absolute atomic E-state index is 0.526. The van der Waals surface area contributed by atoms with Crippen LogP contribution in [0.2, 0.25) is 0 Å². The maximum absolute atomic E-state index is 8.67. The molecule has 1 aromatic rings. The minimum atomic E-state index is 0.526. The van der Waals surface area contributed by atoms with E-state index in [4.69, 9.17) is 5.26 Å². The van der Waals surface area contributed by atoms with Crippen molar-refractivity contribution in [2.75, 3.05) is 0 Å². The summed E-state index contributed by atoms with van der Waals surface area (Å²) in [6, 6.07) is 4.33. The molecule has 2 nitrogen and oxygen atoms in total. The predicted octanol–water partition coefficient (Wildman–Crippen LogP) is 2.83. The SMILES string of the molecule is Cc1cc(CC#N)c(C)n1CC(C)C. The van der Waals surface area contributed by atoms with Crippen molar-refractivity contribution in [2.45, 2.75) is 40.7 Å². The Balaban J connectivity index is 3.00. The van der Waals surface area contributed by atoms with Crippen molar-refractivity contribution < 1.29 is 0 Å². The molecule has 0 unspecified atom stereocenters. The van der Waals surface area contributed by atoms with Gasteiger partial charge in [-0.1, -0.05) is 13.8 Å². The number of aromatic nitrogens is 1. The third-order valence-electron chi connectivity index (χ3n) is 2.50. The molecule has 0 aliphatic heterocycles. The van der Waals surface area contributed by atoms with Gasteiger partial charge in [0.25, 0.3) is 0 Å². The number of rotatable bonds is 3. The van der Waals surface area contributed by atoms with Crippen LogP contribution in [0.25, 0.3) is 0 Å². The summed E-state index contributed by atoms with van der Waals surface area (Å²) in [6.07, 6.45) is 0.526. The molecule has 1 aromatic heterocycles. The van der Waals surface area contributed by atoms with Crippen molar-refractivity contribution in [3.8, 4) is 6.07 Å². The molecule has 0 atom stereocenters. The molecule has 2 heteroatoms. The van der Waals surface area contributed by atoms with E-state index in [0.29, 0.717) is 12.3 Å². The van der Waals surface area contributed by atoms with Crippen molar-refractivity contribution in [1.82, 2.24) is 4.57 Å². The first-order chi connectivity index (χ1) is 6.56. The van der Waals surface area contributed by atoms with E-state index in [9.17, 15) is 0 Å². The molecule has 0 amide bonds. The fourth-order valence-electron chi connectivity index (χ4n) is 1.78. The Bertz CT molecular complexity index is 353. The molecule has 0 saturated heterocycles. The average molecular weight is 190 g/mol. The first-order valence-electron chi connectivity index (χ1n) is 5.08. The van der Waals surface area contributed by atoms with Crippen molar-refractivity contribution in [1.29, 1.82) is 5.26 Å². The summed E-state index contributed by atoms with van der Waals surface area (Å²) in [5.41, 5.74) is 3.69. The lowest BCUT2D eigenvalue weighted by atomic mass is 10.2. The second-order valence-corrected chi connectivity index (χ2v) is 4.24. The minimum Gasteiger partial charge on any atom is -0.349 e. The van der Waals surface area contributed by atoms with Gasteiger partial charge in [-0.05, 0) is 31.4 Å². The first-order valence-corrected chi connectivity index (χ1v) is 5.08. The molecule has 14 heavy (non-hydrogen) atoms. The van der Waals surface area contributed by atoms with E-state index in [-0.39, 0.29) is 0 Å². The highest BCUT2D eigenvalue weighted by Gasteiger charge is 2.09. The largest absolute Gasteiger partial charge is 0.349 e. The van der Waals surface area contributed by atoms with Crippen LogP contribution < -0.4 is 0 Å². The van der Waals surface area contributed by atoms with E-state index in [2.05, 4.69) is 44.4 Å². The van der Waals surface area contributed by atoms with Gasteiger partial charge in [-0.15, -0.1) is 0 Å². The molecule has 1 heterocycles. The van der Waals surface area contributed by atoms with Crippen molar-refractivity contribution in [2.24, 2.45) is 5.92 Å². The topological polar surface area (TPSA) is 28.7 Å². The van der Waals surface area contributed by atoms with E-state index < -0.39 is 0 Å². The van der Waals surface area contributed by atoms with E-state index in [1.807, 2.05) is 0 Å². The second kappa shape index (κ2) is 4.32. The summed E-state index contributed by atoms with van der Waals surface area (Å²) in [4.78, 5) is 0. The smallest absolute Gasteiger partial charge is 0.0670 e. The summed E-state index contributed by atoms with van der Waals surface area (Å²) >= 11 is 0. The van der Waals surface area contributed by atoms with Gasteiger partial charge < -0.3 is 4.57 Å². The molecule has 76 valence electrons. The fraction of sp³-hybridized carbons (Fsp3) is 0.583. The van der Waals surface area contributed by atoms with Crippen LogP contribution in [-0.4, -0.2) is 4.57 Å². The van der Waals surface area contributed by atoms with Gasteiger partial charge in [-0.25, -0.2) is 0 Å². The van der Waals surface area contributed by atoms with Crippen LogP contribution >= 0.6 is 0 Å². The molecule has 0 fully saturated rings. The molecular weight excluding hydrogens is 172 g/mol. The lowest BCUT2D eigenvalue weighted by molar-refractivity contribution is 0.508. The molecule has 0 aromatic carbocycles. The summed E-state index contributed by atoms with van der Waals surface area (Å²) in [6.45, 7) is 9.67. The van der Waals surface area contributed by atoms with Gasteiger partial charge in [-0.2, -0.15) is 5.26 Å². The number of hydrogen-bond acceptors (Lipinski definition) is 1. The van der Waals surface area contributed by atoms with Crippen LogP contribution in [0.1, 0.15) is 30.8 Å². The highest BCUT2D eigenvalue weighted by atomic mass is 15.0. The average Bonchev–Trinajstić information content (AvgIpc) is 2.33. The van der Waals surface area contributed by atoms with Gasteiger partial charge in [0, 0.05) is 17.9 Å². The van der Waals surface area contributed by atoms with Crippen LogP contribution in [0.4, 0.5) is 0 Å². The van der Waals surface area contributed by atoms with Gasteiger partial charge in [0.1, 0.15) is 0 Å². The van der Waals surface area contributed by atoms with Gasteiger partial charge >= 0.3 is 0 Å². The monoisotopic (exact) mass is 190 g/mol. The molecular formula is C12H18N2. The van der Waals surface area contributed by atoms with E-state index in [0.717, 1.165) is 6.54 Å². The summed E-state index contributed by atoms with van der Waals surface area (Å²) in [5.74, 6) is 0.648. The van der Waals surface area contributed by atoms with Crippen LogP contribution in [-0.2, 0) is 13.0 Å². The maximum atomic E-state index is 8.67. The Kier molecular flexibility index (Phi) is 3.35. The number of nitrogens with zero attached hydrogens (tertiary/aromatic N) is 2. The summed E-state index contributed by atoms with van der Waals surface area (Å²) in [7, 11) is 0. The molecule has 1 rings (SSSR count). The van der Waals surface area contributed by atoms with Crippen LogP contribution in [0.5, 0.6) is 0 Å². The quantitative estimate of drug-likeness (QED) is 0.720.